The number of ether oxygens (including phenoxy) is 2. The van der Waals surface area contributed by atoms with Crippen molar-refractivity contribution in [3.05, 3.63) is 102 Å². The second-order valence-corrected chi connectivity index (χ2v) is 11.9. The summed E-state index contributed by atoms with van der Waals surface area (Å²) in [5, 5.41) is 3.27. The zero-order valence-corrected chi connectivity index (χ0v) is 22.1. The van der Waals surface area contributed by atoms with Gasteiger partial charge in [0, 0.05) is 47.0 Å². The van der Waals surface area contributed by atoms with Crippen LogP contribution in [0.1, 0.15) is 31.2 Å². The Morgan fingerprint density at radius 1 is 0.949 bits per heavy atom. The van der Waals surface area contributed by atoms with Crippen LogP contribution in [-0.2, 0) is 10.2 Å². The van der Waals surface area contributed by atoms with Crippen LogP contribution in [0.5, 0.6) is 5.75 Å². The first-order valence-corrected chi connectivity index (χ1v) is 14.6. The largest absolute Gasteiger partial charge is 0.485 e. The maximum atomic E-state index is 7.19. The molecule has 1 spiro atoms. The topological polar surface area (TPSA) is 55.2 Å². The zero-order chi connectivity index (χ0) is 25.8. The molecule has 4 heterocycles. The minimum atomic E-state index is -0.110. The average molecular weight is 518 g/mol. The third-order valence-corrected chi connectivity index (χ3v) is 10.2. The van der Waals surface area contributed by atoms with Gasteiger partial charge in [0.05, 0.1) is 18.2 Å². The Kier molecular flexibility index (Phi) is 5.61. The lowest BCUT2D eigenvalue weighted by atomic mass is 9.47. The fourth-order valence-corrected chi connectivity index (χ4v) is 8.65. The van der Waals surface area contributed by atoms with Crippen LogP contribution in [0.2, 0.25) is 0 Å². The molecule has 1 saturated heterocycles. The van der Waals surface area contributed by atoms with Gasteiger partial charge in [-0.15, -0.1) is 0 Å². The Morgan fingerprint density at radius 3 is 2.77 bits per heavy atom. The van der Waals surface area contributed by atoms with Crippen molar-refractivity contribution < 1.29 is 9.47 Å². The molecule has 9 atom stereocenters. The Hall–Kier alpha value is -3.44. The van der Waals surface area contributed by atoms with Crippen LogP contribution in [0, 0.1) is 23.7 Å². The first kappa shape index (κ1) is 23.4. The van der Waals surface area contributed by atoms with Gasteiger partial charge in [0.15, 0.2) is 0 Å². The van der Waals surface area contributed by atoms with E-state index in [1.54, 1.807) is 0 Å². The van der Waals surface area contributed by atoms with Crippen LogP contribution in [0.3, 0.4) is 0 Å². The van der Waals surface area contributed by atoms with E-state index in [1.165, 1.54) is 17.6 Å². The summed E-state index contributed by atoms with van der Waals surface area (Å²) < 4.78 is 13.9. The second-order valence-electron chi connectivity index (χ2n) is 11.9. The Labute approximate surface area is 230 Å². The predicted molar refractivity (Wildman–Crippen MR) is 155 cm³/mol. The number of nitrogens with one attached hydrogen (secondary N) is 1. The lowest BCUT2D eigenvalue weighted by molar-refractivity contribution is -0.173. The smallest absolute Gasteiger partial charge is 0.124 e. The highest BCUT2D eigenvalue weighted by molar-refractivity contribution is 5.86. The molecule has 2 fully saturated rings. The number of para-hydroxylation sites is 1. The van der Waals surface area contributed by atoms with Gasteiger partial charge in [-0.2, -0.15) is 0 Å². The highest BCUT2D eigenvalue weighted by atomic mass is 16.5. The highest BCUT2D eigenvalue weighted by Gasteiger charge is 2.64. The van der Waals surface area contributed by atoms with Crippen LogP contribution in [0.4, 0.5) is 0 Å². The van der Waals surface area contributed by atoms with Crippen molar-refractivity contribution in [3.8, 4) is 5.75 Å². The summed E-state index contributed by atoms with van der Waals surface area (Å²) in [5.74, 6) is 2.47. The van der Waals surface area contributed by atoms with Gasteiger partial charge < -0.3 is 14.8 Å². The predicted octanol–water partition coefficient (Wildman–Crippen LogP) is 5.64. The monoisotopic (exact) mass is 517 g/mol. The van der Waals surface area contributed by atoms with Crippen molar-refractivity contribution in [1.29, 1.82) is 0 Å². The summed E-state index contributed by atoms with van der Waals surface area (Å²) in [5.41, 5.74) is 3.55. The van der Waals surface area contributed by atoms with Gasteiger partial charge in [-0.3, -0.25) is 9.98 Å². The Balaban J connectivity index is 1.26. The van der Waals surface area contributed by atoms with Gasteiger partial charge in [-0.25, -0.2) is 0 Å². The third kappa shape index (κ3) is 3.62. The lowest BCUT2D eigenvalue weighted by Crippen LogP contribution is -2.65. The van der Waals surface area contributed by atoms with Crippen molar-refractivity contribution in [2.45, 2.75) is 55.5 Å². The number of hydrogen-bond acceptors (Lipinski definition) is 5. The number of dihydropyridines is 1. The summed E-state index contributed by atoms with van der Waals surface area (Å²) in [6, 6.07) is 9.20. The molecule has 0 radical (unpaired) electrons. The molecule has 1 aromatic carbocycles. The quantitative estimate of drug-likeness (QED) is 0.553. The van der Waals surface area contributed by atoms with E-state index in [-0.39, 0.29) is 35.6 Å². The molecule has 0 bridgehead atoms. The van der Waals surface area contributed by atoms with Gasteiger partial charge in [0.25, 0.3) is 0 Å². The lowest BCUT2D eigenvalue weighted by Gasteiger charge is -2.63. The minimum Gasteiger partial charge on any atom is -0.485 e. The number of rotatable bonds is 2. The first-order valence-electron chi connectivity index (χ1n) is 14.6. The van der Waals surface area contributed by atoms with Gasteiger partial charge in [-0.05, 0) is 67.4 Å². The molecule has 3 aliphatic carbocycles. The van der Waals surface area contributed by atoms with Crippen LogP contribution in [0.15, 0.2) is 106 Å². The molecule has 5 heteroatoms. The standard InChI is InChI=1S/C34H35N3O2/c1-3-10-30-25(7-1)34(26-8-2-4-11-31(26)38-30)27-14-12-22(24-19-35-21-36-20-24)17-32(27)39-33-18-23(13-15-28(33)34)29-9-5-6-16-37-29/h1-8,10-12,14,16-17,19-20,23,25,27-30,32-33,35H,9,13,15,18,21H2. The normalized spacial score (nSPS) is 40.9. The van der Waals surface area contributed by atoms with Crippen molar-refractivity contribution in [2.24, 2.45) is 33.7 Å². The number of fused-ring (bicyclic) bond motifs is 8. The number of hydrogen-bond donors (Lipinski definition) is 1. The molecule has 0 aromatic heterocycles. The summed E-state index contributed by atoms with van der Waals surface area (Å²) in [6.45, 7) is 0.635. The van der Waals surface area contributed by atoms with Crippen molar-refractivity contribution in [1.82, 2.24) is 5.32 Å². The minimum absolute atomic E-state index is 0.0120. The van der Waals surface area contributed by atoms with Gasteiger partial charge in [0.2, 0.25) is 0 Å². The maximum absolute atomic E-state index is 7.19. The second kappa shape index (κ2) is 9.34. The van der Waals surface area contributed by atoms with Gasteiger partial charge in [0.1, 0.15) is 18.5 Å². The molecular formula is C34H35N3O2. The van der Waals surface area contributed by atoms with Crippen LogP contribution < -0.4 is 10.1 Å². The van der Waals surface area contributed by atoms with Gasteiger partial charge >= 0.3 is 0 Å². The van der Waals surface area contributed by atoms with E-state index >= 15 is 0 Å². The number of aliphatic imine (C=N–C) groups is 2. The van der Waals surface area contributed by atoms with Crippen LogP contribution >= 0.6 is 0 Å². The Bertz CT molecular complexity index is 1400. The fourth-order valence-electron chi connectivity index (χ4n) is 8.65. The van der Waals surface area contributed by atoms with E-state index in [9.17, 15) is 0 Å². The maximum Gasteiger partial charge on any atom is 0.124 e. The number of nitrogens with zero attached hydrogens (tertiary/aromatic N) is 2. The molecule has 1 aromatic rings. The van der Waals surface area contributed by atoms with E-state index in [1.807, 2.05) is 12.4 Å². The van der Waals surface area contributed by atoms with E-state index < -0.39 is 0 Å². The van der Waals surface area contributed by atoms with Crippen LogP contribution in [-0.4, -0.2) is 43.5 Å². The molecule has 1 N–H and O–H groups in total. The summed E-state index contributed by atoms with van der Waals surface area (Å²) >= 11 is 0. The summed E-state index contributed by atoms with van der Waals surface area (Å²) in [6.07, 6.45) is 31.2. The zero-order valence-electron chi connectivity index (χ0n) is 22.1. The molecule has 1 saturated carbocycles. The fraction of sp³-hybridized carbons (Fsp3) is 0.412. The van der Waals surface area contributed by atoms with E-state index in [4.69, 9.17) is 14.5 Å². The number of benzene rings is 1. The molecule has 4 aliphatic heterocycles. The van der Waals surface area contributed by atoms with Crippen LogP contribution in [0.25, 0.3) is 0 Å². The molecule has 8 rings (SSSR count). The first-order chi connectivity index (χ1) is 19.3. The number of allylic oxidation sites excluding steroid dienone is 6. The Morgan fingerprint density at radius 2 is 1.87 bits per heavy atom. The third-order valence-electron chi connectivity index (χ3n) is 10.2. The average Bonchev–Trinajstić information content (AvgIpc) is 3.01. The van der Waals surface area contributed by atoms with E-state index in [2.05, 4.69) is 95.5 Å². The molecule has 198 valence electrons. The van der Waals surface area contributed by atoms with E-state index in [0.29, 0.717) is 24.5 Å². The SMILES string of the molecule is C1=CCC(C2CCC3C(C2)OC2C=C(C4=CNCN=C4)C=CC2C32c3ccccc3OC3C=CC=CC32)N=C1. The van der Waals surface area contributed by atoms with Crippen molar-refractivity contribution in [2.75, 3.05) is 6.67 Å². The molecule has 9 unspecified atom stereocenters. The molecule has 5 nitrogen and oxygen atoms in total. The van der Waals surface area contributed by atoms with Crippen molar-refractivity contribution >= 4 is 12.4 Å². The van der Waals surface area contributed by atoms with E-state index in [0.717, 1.165) is 30.6 Å². The van der Waals surface area contributed by atoms with Gasteiger partial charge in [-0.1, -0.05) is 54.7 Å². The molecule has 7 aliphatic rings. The molecular weight excluding hydrogens is 482 g/mol. The summed E-state index contributed by atoms with van der Waals surface area (Å²) in [4.78, 5) is 9.35. The van der Waals surface area contributed by atoms with Crippen molar-refractivity contribution in [3.63, 3.8) is 0 Å². The summed E-state index contributed by atoms with van der Waals surface area (Å²) in [7, 11) is 0. The molecule has 39 heavy (non-hydrogen) atoms. The highest BCUT2D eigenvalue weighted by Crippen LogP contribution is 2.63. The molecule has 0 amide bonds.